The molecule has 0 aliphatic rings. The Bertz CT molecular complexity index is 594. The van der Waals surface area contributed by atoms with Crippen LogP contribution >= 0.6 is 15.9 Å². The molecule has 0 saturated heterocycles. The van der Waals surface area contributed by atoms with E-state index in [1.807, 2.05) is 25.1 Å². The molecule has 0 aliphatic heterocycles. The summed E-state index contributed by atoms with van der Waals surface area (Å²) in [6.07, 6.45) is 2.32. The first-order valence-corrected chi connectivity index (χ1v) is 6.18. The number of hydrogen-bond donors (Lipinski definition) is 1. The normalized spacial score (nSPS) is 13.5. The smallest absolute Gasteiger partial charge is 0.308 e. The second-order valence-electron chi connectivity index (χ2n) is 4.07. The van der Waals surface area contributed by atoms with Crippen LogP contribution in [-0.2, 0) is 16.0 Å². The Kier molecular flexibility index (Phi) is 3.14. The van der Waals surface area contributed by atoms with Gasteiger partial charge in [-0.1, -0.05) is 22.9 Å². The van der Waals surface area contributed by atoms with Gasteiger partial charge in [-0.05, 0) is 30.2 Å². The minimum atomic E-state index is -0.226. The van der Waals surface area contributed by atoms with E-state index in [2.05, 4.69) is 15.9 Å². The quantitative estimate of drug-likeness (QED) is 0.883. The molecule has 4 heteroatoms. The molecule has 1 aromatic carbocycles. The SMILES string of the molecule is [1H]n1cc(CC(C)C(=O)OC)c2cc(Br)ccc21. The number of methoxy groups -OCH3 is 1. The molecule has 90 valence electrons. The van der Waals surface area contributed by atoms with Crippen LogP contribution in [0.1, 0.15) is 12.5 Å². The number of H-pyrrole nitrogens is 1. The van der Waals surface area contributed by atoms with E-state index >= 15 is 0 Å². The maximum atomic E-state index is 11.4. The second-order valence-corrected chi connectivity index (χ2v) is 4.99. The highest BCUT2D eigenvalue weighted by Gasteiger charge is 2.15. The number of carbonyl (C=O) groups is 1. The first-order valence-electron chi connectivity index (χ1n) is 5.84. The summed E-state index contributed by atoms with van der Waals surface area (Å²) >= 11 is 3.42. The fourth-order valence-corrected chi connectivity index (χ4v) is 2.23. The number of rotatable bonds is 3. The number of aromatic nitrogens is 1. The van der Waals surface area contributed by atoms with Crippen molar-refractivity contribution in [1.82, 2.24) is 4.98 Å². The van der Waals surface area contributed by atoms with Crippen molar-refractivity contribution in [2.24, 2.45) is 5.92 Å². The molecule has 0 saturated carbocycles. The van der Waals surface area contributed by atoms with E-state index in [1.165, 1.54) is 12.1 Å². The largest absolute Gasteiger partial charge is 0.469 e. The van der Waals surface area contributed by atoms with Crippen molar-refractivity contribution in [2.75, 3.05) is 7.11 Å². The van der Waals surface area contributed by atoms with Gasteiger partial charge in [-0.15, -0.1) is 0 Å². The number of nitrogens with one attached hydrogen (secondary N) is 1. The molecule has 0 spiro atoms. The van der Waals surface area contributed by atoms with Gasteiger partial charge in [0, 0.05) is 21.6 Å². The van der Waals surface area contributed by atoms with Crippen LogP contribution in [0, 0.1) is 5.92 Å². The molecule has 1 N–H and O–H groups in total. The lowest BCUT2D eigenvalue weighted by Gasteiger charge is -2.07. The maximum absolute atomic E-state index is 11.4. The van der Waals surface area contributed by atoms with Crippen molar-refractivity contribution >= 4 is 32.8 Å². The van der Waals surface area contributed by atoms with Crippen molar-refractivity contribution in [3.05, 3.63) is 34.4 Å². The van der Waals surface area contributed by atoms with Gasteiger partial charge in [-0.25, -0.2) is 0 Å². The minimum absolute atomic E-state index is 0.209. The highest BCUT2D eigenvalue weighted by Crippen LogP contribution is 2.24. The number of esters is 1. The van der Waals surface area contributed by atoms with E-state index in [0.717, 1.165) is 20.9 Å². The van der Waals surface area contributed by atoms with Gasteiger partial charge in [-0.3, -0.25) is 4.79 Å². The van der Waals surface area contributed by atoms with Crippen molar-refractivity contribution in [3.8, 4) is 0 Å². The van der Waals surface area contributed by atoms with Gasteiger partial charge < -0.3 is 9.71 Å². The number of hydrogen-bond acceptors (Lipinski definition) is 2. The van der Waals surface area contributed by atoms with Crippen molar-refractivity contribution in [1.29, 1.82) is 0 Å². The van der Waals surface area contributed by atoms with E-state index < -0.39 is 0 Å². The van der Waals surface area contributed by atoms with E-state index in [-0.39, 0.29) is 11.9 Å². The Morgan fingerprint density at radius 1 is 1.65 bits per heavy atom. The molecule has 2 rings (SSSR count). The molecule has 17 heavy (non-hydrogen) atoms. The van der Waals surface area contributed by atoms with Gasteiger partial charge in [0.1, 0.15) is 0 Å². The Labute approximate surface area is 110 Å². The second kappa shape index (κ2) is 4.92. The zero-order chi connectivity index (χ0) is 13.3. The van der Waals surface area contributed by atoms with Crippen LogP contribution in [0.2, 0.25) is 1.41 Å². The fraction of sp³-hybridized carbons (Fsp3) is 0.308. The number of aromatic amines is 1. The average molecular weight is 296 g/mol. The van der Waals surface area contributed by atoms with E-state index in [0.29, 0.717) is 6.42 Å². The van der Waals surface area contributed by atoms with Crippen LogP contribution < -0.4 is 0 Å². The van der Waals surface area contributed by atoms with Crippen molar-refractivity contribution < 1.29 is 10.9 Å². The molecule has 0 bridgehead atoms. The number of halogens is 1. The summed E-state index contributed by atoms with van der Waals surface area (Å²) in [4.78, 5) is 12.8. The Morgan fingerprint density at radius 2 is 2.41 bits per heavy atom. The molecule has 1 unspecified atom stereocenters. The molecule has 1 atom stereocenters. The molecule has 0 fully saturated rings. The van der Waals surface area contributed by atoms with E-state index in [9.17, 15) is 4.79 Å². The topological polar surface area (TPSA) is 42.1 Å². The highest BCUT2D eigenvalue weighted by molar-refractivity contribution is 9.10. The number of ether oxygens (including phenoxy) is 1. The molecule has 2 aromatic rings. The molecule has 0 radical (unpaired) electrons. The summed E-state index contributed by atoms with van der Waals surface area (Å²) in [7, 11) is 1.39. The minimum Gasteiger partial charge on any atom is -0.469 e. The fourth-order valence-electron chi connectivity index (χ4n) is 1.87. The molecular formula is C13H14BrNO2. The van der Waals surface area contributed by atoms with Gasteiger partial charge in [0.05, 0.1) is 13.0 Å². The molecule has 0 aliphatic carbocycles. The monoisotopic (exact) mass is 295 g/mol. The zero-order valence-electron chi connectivity index (χ0n) is 10.7. The zero-order valence-corrected chi connectivity index (χ0v) is 11.3. The summed E-state index contributed by atoms with van der Waals surface area (Å²) < 4.78 is 13.5. The Hall–Kier alpha value is -1.29. The number of carbonyl (C=O) groups excluding carboxylic acids is 1. The lowest BCUT2D eigenvalue weighted by atomic mass is 10.0. The summed E-state index contributed by atoms with van der Waals surface area (Å²) in [5, 5.41) is 0.995. The summed E-state index contributed by atoms with van der Waals surface area (Å²) in [6.45, 7) is 1.83. The summed E-state index contributed by atoms with van der Waals surface area (Å²) in [5.74, 6) is -0.435. The maximum Gasteiger partial charge on any atom is 0.308 e. The lowest BCUT2D eigenvalue weighted by Crippen LogP contribution is -2.14. The first kappa shape index (κ1) is 10.8. The third-order valence-electron chi connectivity index (χ3n) is 2.79. The lowest BCUT2D eigenvalue weighted by molar-refractivity contribution is -0.144. The average Bonchev–Trinajstić information content (AvgIpc) is 2.64. The van der Waals surface area contributed by atoms with Crippen LogP contribution in [-0.4, -0.2) is 18.1 Å². The summed E-state index contributed by atoms with van der Waals surface area (Å²) in [6, 6.07) is 5.76. The molecule has 3 nitrogen and oxygen atoms in total. The summed E-state index contributed by atoms with van der Waals surface area (Å²) in [5.41, 5.74) is 1.82. The molecular weight excluding hydrogens is 282 g/mol. The predicted molar refractivity (Wildman–Crippen MR) is 70.9 cm³/mol. The van der Waals surface area contributed by atoms with E-state index in [4.69, 9.17) is 6.15 Å². The van der Waals surface area contributed by atoms with Gasteiger partial charge in [0.15, 0.2) is 1.41 Å². The van der Waals surface area contributed by atoms with Crippen molar-refractivity contribution in [2.45, 2.75) is 13.3 Å². The highest BCUT2D eigenvalue weighted by atomic mass is 79.9. The number of benzene rings is 1. The predicted octanol–water partition coefficient (Wildman–Crippen LogP) is 3.28. The Balaban J connectivity index is 2.39. The van der Waals surface area contributed by atoms with Crippen molar-refractivity contribution in [3.63, 3.8) is 0 Å². The van der Waals surface area contributed by atoms with Gasteiger partial charge >= 0.3 is 5.97 Å². The molecule has 1 heterocycles. The first-order chi connectivity index (χ1) is 8.52. The van der Waals surface area contributed by atoms with Crippen LogP contribution in [0.4, 0.5) is 0 Å². The van der Waals surface area contributed by atoms with Gasteiger partial charge in [-0.2, -0.15) is 0 Å². The standard InChI is InChI=1S/C13H14BrNO2/c1-8(13(16)17-2)5-9-7-15-12-4-3-10(14)6-11(9)12/h3-4,6-8,15H,5H2,1-2H3/i/hH. The van der Waals surface area contributed by atoms with E-state index in [1.54, 1.807) is 6.20 Å². The van der Waals surface area contributed by atoms with Crippen LogP contribution in [0.25, 0.3) is 10.9 Å². The third-order valence-corrected chi connectivity index (χ3v) is 3.29. The van der Waals surface area contributed by atoms with Gasteiger partial charge in [0.2, 0.25) is 0 Å². The third kappa shape index (κ3) is 2.52. The molecule has 0 amide bonds. The molecule has 1 aromatic heterocycles. The van der Waals surface area contributed by atoms with Crippen LogP contribution in [0.5, 0.6) is 0 Å². The van der Waals surface area contributed by atoms with Crippen LogP contribution in [0.3, 0.4) is 0 Å². The van der Waals surface area contributed by atoms with Crippen LogP contribution in [0.15, 0.2) is 28.9 Å². The Morgan fingerprint density at radius 3 is 3.12 bits per heavy atom. The van der Waals surface area contributed by atoms with Gasteiger partial charge in [0.25, 0.3) is 0 Å². The number of fused-ring (bicyclic) bond motifs is 1.